The van der Waals surface area contributed by atoms with Crippen LogP contribution < -0.4 is 24.4 Å². The topological polar surface area (TPSA) is 122 Å². The van der Waals surface area contributed by atoms with Gasteiger partial charge in [-0.15, -0.1) is 0 Å². The maximum atomic E-state index is 14.0. The Morgan fingerprint density at radius 3 is 2.57 bits per heavy atom. The van der Waals surface area contributed by atoms with Crippen molar-refractivity contribution in [3.63, 3.8) is 0 Å². The minimum atomic E-state index is -0.866. The van der Waals surface area contributed by atoms with E-state index < -0.39 is 22.5 Å². The lowest BCUT2D eigenvalue weighted by molar-refractivity contribution is -0.384. The third-order valence-electron chi connectivity index (χ3n) is 6.91. The summed E-state index contributed by atoms with van der Waals surface area (Å²) in [5, 5.41) is 11.3. The fraction of sp³-hybridized carbons (Fsp3) is 0.242. The van der Waals surface area contributed by atoms with Gasteiger partial charge in [0.05, 0.1) is 40.5 Å². The van der Waals surface area contributed by atoms with Crippen molar-refractivity contribution in [3.8, 4) is 11.5 Å². The van der Waals surface area contributed by atoms with Gasteiger partial charge in [0.15, 0.2) is 16.3 Å². The van der Waals surface area contributed by atoms with Crippen LogP contribution in [-0.2, 0) is 16.1 Å². The largest absolute Gasteiger partial charge is 0.493 e. The van der Waals surface area contributed by atoms with Gasteiger partial charge in [0.2, 0.25) is 0 Å². The number of allylic oxidation sites excluding steroid dienone is 1. The Bertz CT molecular complexity index is 1930. The Morgan fingerprint density at radius 1 is 1.09 bits per heavy atom. The van der Waals surface area contributed by atoms with E-state index in [-0.39, 0.29) is 23.8 Å². The van der Waals surface area contributed by atoms with Gasteiger partial charge < -0.3 is 14.2 Å². The molecule has 1 atom stereocenters. The van der Waals surface area contributed by atoms with Gasteiger partial charge in [-0.2, -0.15) is 0 Å². The average molecular weight is 614 g/mol. The monoisotopic (exact) mass is 613 g/mol. The number of non-ortho nitro benzene ring substituents is 1. The second kappa shape index (κ2) is 13.1. The number of carbonyl (C=O) groups excluding carboxylic acids is 1. The van der Waals surface area contributed by atoms with Crippen molar-refractivity contribution in [1.29, 1.82) is 0 Å². The van der Waals surface area contributed by atoms with E-state index >= 15 is 0 Å². The summed E-state index contributed by atoms with van der Waals surface area (Å²) in [6.07, 6.45) is 1.59. The molecule has 226 valence electrons. The van der Waals surface area contributed by atoms with Crippen molar-refractivity contribution in [2.75, 3.05) is 13.7 Å². The third-order valence-corrected chi connectivity index (χ3v) is 7.89. The first-order valence-electron chi connectivity index (χ1n) is 13.9. The highest BCUT2D eigenvalue weighted by atomic mass is 32.1. The molecule has 1 unspecified atom stereocenters. The number of rotatable bonds is 10. The molecule has 3 aromatic carbocycles. The number of carbonyl (C=O) groups is 1. The summed E-state index contributed by atoms with van der Waals surface area (Å²) in [6.45, 7) is 6.12. The molecule has 5 rings (SSSR count). The molecule has 0 aliphatic carbocycles. The first-order valence-corrected chi connectivity index (χ1v) is 14.8. The lowest BCUT2D eigenvalue weighted by atomic mass is 9.95. The average Bonchev–Trinajstić information content (AvgIpc) is 3.32. The molecule has 11 heteroatoms. The van der Waals surface area contributed by atoms with Gasteiger partial charge in [-0.3, -0.25) is 19.5 Å². The number of benzene rings is 3. The van der Waals surface area contributed by atoms with Gasteiger partial charge >= 0.3 is 5.97 Å². The Morgan fingerprint density at radius 2 is 1.86 bits per heavy atom. The fourth-order valence-electron chi connectivity index (χ4n) is 4.81. The number of hydrogen-bond donors (Lipinski definition) is 0. The van der Waals surface area contributed by atoms with Gasteiger partial charge in [-0.05, 0) is 47.7 Å². The SMILES string of the molecule is COc1cc(C2C(C(=O)OCC(C)C)=C(C)N=c3sc(=Cc4cccc([N+](=O)[O-])c4)c(=O)n32)ccc1OCc1ccccc1. The zero-order valence-electron chi connectivity index (χ0n) is 24.7. The summed E-state index contributed by atoms with van der Waals surface area (Å²) in [5.74, 6) is 0.473. The molecule has 2 heterocycles. The second-order valence-electron chi connectivity index (χ2n) is 10.6. The normalized spacial score (nSPS) is 14.7. The number of thiazole rings is 1. The lowest BCUT2D eigenvalue weighted by Gasteiger charge is -2.25. The van der Waals surface area contributed by atoms with Crippen molar-refractivity contribution < 1.29 is 23.9 Å². The Kier molecular flexibility index (Phi) is 9.05. The van der Waals surface area contributed by atoms with E-state index in [0.717, 1.165) is 16.9 Å². The quantitative estimate of drug-likeness (QED) is 0.141. The Balaban J connectivity index is 1.62. The number of hydrogen-bond acceptors (Lipinski definition) is 9. The van der Waals surface area contributed by atoms with Crippen molar-refractivity contribution in [3.05, 3.63) is 131 Å². The first kappa shape index (κ1) is 30.4. The van der Waals surface area contributed by atoms with Gasteiger partial charge in [0.1, 0.15) is 6.61 Å². The molecule has 0 fully saturated rings. The minimum absolute atomic E-state index is 0.0860. The predicted molar refractivity (Wildman–Crippen MR) is 166 cm³/mol. The summed E-state index contributed by atoms with van der Waals surface area (Å²) in [6, 6.07) is 20.2. The number of nitro groups is 1. The smallest absolute Gasteiger partial charge is 0.338 e. The number of fused-ring (bicyclic) bond motifs is 1. The molecule has 0 spiro atoms. The third kappa shape index (κ3) is 6.47. The van der Waals surface area contributed by atoms with Crippen LogP contribution in [0.4, 0.5) is 5.69 Å². The molecule has 1 aromatic heterocycles. The summed E-state index contributed by atoms with van der Waals surface area (Å²) < 4.78 is 19.1. The highest BCUT2D eigenvalue weighted by Gasteiger charge is 2.34. The van der Waals surface area contributed by atoms with Crippen LogP contribution in [0.3, 0.4) is 0 Å². The predicted octanol–water partition coefficient (Wildman–Crippen LogP) is 4.93. The van der Waals surface area contributed by atoms with E-state index in [0.29, 0.717) is 44.3 Å². The molecule has 44 heavy (non-hydrogen) atoms. The van der Waals surface area contributed by atoms with E-state index in [1.165, 1.54) is 23.8 Å². The lowest BCUT2D eigenvalue weighted by Crippen LogP contribution is -2.40. The maximum absolute atomic E-state index is 14.0. The molecule has 1 aliphatic heterocycles. The van der Waals surface area contributed by atoms with E-state index in [1.807, 2.05) is 44.2 Å². The summed E-state index contributed by atoms with van der Waals surface area (Å²) in [7, 11) is 1.53. The molecular formula is C33H31N3O7S. The highest BCUT2D eigenvalue weighted by molar-refractivity contribution is 7.07. The number of methoxy groups -OCH3 is 1. The van der Waals surface area contributed by atoms with Gasteiger partial charge in [-0.1, -0.05) is 73.7 Å². The van der Waals surface area contributed by atoms with Crippen LogP contribution in [-0.4, -0.2) is 29.2 Å². The van der Waals surface area contributed by atoms with Crippen molar-refractivity contribution in [2.45, 2.75) is 33.4 Å². The van der Waals surface area contributed by atoms with Gasteiger partial charge in [0.25, 0.3) is 11.2 Å². The fourth-order valence-corrected chi connectivity index (χ4v) is 5.85. The molecule has 10 nitrogen and oxygen atoms in total. The van der Waals surface area contributed by atoms with Gasteiger partial charge in [0, 0.05) is 12.1 Å². The van der Waals surface area contributed by atoms with E-state index in [1.54, 1.807) is 43.3 Å². The molecule has 4 aromatic rings. The molecular weight excluding hydrogens is 582 g/mol. The zero-order valence-corrected chi connectivity index (χ0v) is 25.5. The summed E-state index contributed by atoms with van der Waals surface area (Å²) in [4.78, 5) is 43.3. The number of ether oxygens (including phenoxy) is 3. The molecule has 0 saturated carbocycles. The van der Waals surface area contributed by atoms with Crippen molar-refractivity contribution in [2.24, 2.45) is 10.9 Å². The van der Waals surface area contributed by atoms with Crippen LogP contribution in [0.25, 0.3) is 6.08 Å². The summed E-state index contributed by atoms with van der Waals surface area (Å²) >= 11 is 1.14. The number of aromatic nitrogens is 1. The van der Waals surface area contributed by atoms with Crippen LogP contribution in [0, 0.1) is 16.0 Å². The highest BCUT2D eigenvalue weighted by Crippen LogP contribution is 2.36. The molecule has 0 saturated heterocycles. The van der Waals surface area contributed by atoms with Crippen LogP contribution in [0.5, 0.6) is 11.5 Å². The van der Waals surface area contributed by atoms with Crippen molar-refractivity contribution >= 4 is 29.1 Å². The molecule has 0 amide bonds. The maximum Gasteiger partial charge on any atom is 0.338 e. The van der Waals surface area contributed by atoms with Crippen LogP contribution in [0.1, 0.15) is 43.5 Å². The molecule has 0 radical (unpaired) electrons. The Hall–Kier alpha value is -5.03. The Labute approximate surface area is 257 Å². The first-order chi connectivity index (χ1) is 21.2. The van der Waals surface area contributed by atoms with E-state index in [2.05, 4.69) is 4.99 Å². The number of nitrogens with zero attached hydrogens (tertiary/aromatic N) is 3. The van der Waals surface area contributed by atoms with Crippen LogP contribution in [0.15, 0.2) is 93.9 Å². The molecule has 0 bridgehead atoms. The van der Waals surface area contributed by atoms with Crippen molar-refractivity contribution in [1.82, 2.24) is 4.57 Å². The minimum Gasteiger partial charge on any atom is -0.493 e. The van der Waals surface area contributed by atoms with Crippen LogP contribution >= 0.6 is 11.3 Å². The number of esters is 1. The van der Waals surface area contributed by atoms with Gasteiger partial charge in [-0.25, -0.2) is 9.79 Å². The summed E-state index contributed by atoms with van der Waals surface area (Å²) in [5.41, 5.74) is 2.27. The zero-order chi connectivity index (χ0) is 31.4. The van der Waals surface area contributed by atoms with E-state index in [4.69, 9.17) is 14.2 Å². The number of nitro benzene ring substituents is 1. The second-order valence-corrected chi connectivity index (χ2v) is 11.6. The standard InChI is InChI=1S/C33H31N3O7S/c1-20(2)18-43-32(38)29-21(3)34-33-35(31(37)28(44-33)16-23-11-8-12-25(15-23)36(39)40)30(29)24-13-14-26(27(17-24)41-4)42-19-22-9-6-5-7-10-22/h5-17,20,30H,18-19H2,1-4H3. The molecule has 0 N–H and O–H groups in total. The van der Waals surface area contributed by atoms with E-state index in [9.17, 15) is 19.7 Å². The van der Waals surface area contributed by atoms with Crippen LogP contribution in [0.2, 0.25) is 0 Å². The molecule has 1 aliphatic rings.